The van der Waals surface area contributed by atoms with Crippen LogP contribution in [0.4, 0.5) is 5.69 Å². The number of rotatable bonds is 3. The molecular weight excluding hydrogens is 280 g/mol. The first kappa shape index (κ1) is 15.8. The predicted octanol–water partition coefficient (Wildman–Crippen LogP) is 2.57. The van der Waals surface area contributed by atoms with Gasteiger partial charge in [-0.1, -0.05) is 6.07 Å². The summed E-state index contributed by atoms with van der Waals surface area (Å²) in [4.78, 5) is 24.9. The third kappa shape index (κ3) is 2.88. The Balaban J connectivity index is 2.45. The molecule has 0 atom stereocenters. The van der Waals surface area contributed by atoms with E-state index in [4.69, 9.17) is 4.74 Å². The molecular formula is C17H20N2O3. The molecule has 0 spiro atoms. The quantitative estimate of drug-likeness (QED) is 0.947. The highest BCUT2D eigenvalue weighted by Crippen LogP contribution is 2.25. The molecule has 1 amide bonds. The first-order valence-corrected chi connectivity index (χ1v) is 6.98. The number of ether oxygens (including phenoxy) is 1. The summed E-state index contributed by atoms with van der Waals surface area (Å²) in [5.41, 5.74) is 2.86. The molecule has 1 N–H and O–H groups in total. The van der Waals surface area contributed by atoms with Gasteiger partial charge in [-0.3, -0.25) is 9.59 Å². The molecule has 1 aromatic heterocycles. The number of methoxy groups -OCH3 is 1. The molecule has 5 nitrogen and oxygen atoms in total. The van der Waals surface area contributed by atoms with Gasteiger partial charge >= 0.3 is 0 Å². The minimum atomic E-state index is -0.429. The predicted molar refractivity (Wildman–Crippen MR) is 86.8 cm³/mol. The second-order valence-corrected chi connectivity index (χ2v) is 5.37. The van der Waals surface area contributed by atoms with Crippen molar-refractivity contribution in [2.75, 3.05) is 12.4 Å². The number of benzene rings is 1. The Morgan fingerprint density at radius 3 is 2.50 bits per heavy atom. The summed E-state index contributed by atoms with van der Waals surface area (Å²) in [6.07, 6.45) is 0. The number of aromatic nitrogens is 1. The zero-order valence-electron chi connectivity index (χ0n) is 13.5. The number of carbonyl (C=O) groups excluding carboxylic acids is 1. The lowest BCUT2D eigenvalue weighted by molar-refractivity contribution is 0.102. The summed E-state index contributed by atoms with van der Waals surface area (Å²) in [6, 6.07) is 7.31. The van der Waals surface area contributed by atoms with Crippen LogP contribution in [0.5, 0.6) is 5.75 Å². The van der Waals surface area contributed by atoms with Crippen LogP contribution in [0, 0.1) is 20.8 Å². The normalized spacial score (nSPS) is 10.4. The van der Waals surface area contributed by atoms with Gasteiger partial charge in [-0.2, -0.15) is 0 Å². The molecule has 116 valence electrons. The monoisotopic (exact) mass is 300 g/mol. The second kappa shape index (κ2) is 6.05. The smallest absolute Gasteiger partial charge is 0.263 e. The van der Waals surface area contributed by atoms with Crippen LogP contribution < -0.4 is 15.6 Å². The van der Waals surface area contributed by atoms with Crippen LogP contribution >= 0.6 is 0 Å². The Morgan fingerprint density at radius 1 is 1.18 bits per heavy atom. The van der Waals surface area contributed by atoms with Crippen LogP contribution in [0.25, 0.3) is 0 Å². The summed E-state index contributed by atoms with van der Waals surface area (Å²) < 4.78 is 6.71. The lowest BCUT2D eigenvalue weighted by Gasteiger charge is -2.13. The maximum absolute atomic E-state index is 12.5. The van der Waals surface area contributed by atoms with Crippen molar-refractivity contribution < 1.29 is 9.53 Å². The van der Waals surface area contributed by atoms with Crippen molar-refractivity contribution in [3.05, 3.63) is 57.0 Å². The molecule has 0 fully saturated rings. The lowest BCUT2D eigenvalue weighted by Crippen LogP contribution is -2.30. The molecule has 0 bridgehead atoms. The average Bonchev–Trinajstić information content (AvgIpc) is 2.45. The maximum Gasteiger partial charge on any atom is 0.263 e. The van der Waals surface area contributed by atoms with E-state index in [0.717, 1.165) is 11.3 Å². The van der Waals surface area contributed by atoms with Crippen LogP contribution in [-0.4, -0.2) is 17.6 Å². The van der Waals surface area contributed by atoms with Crippen molar-refractivity contribution in [3.63, 3.8) is 0 Å². The molecule has 0 aliphatic carbocycles. The van der Waals surface area contributed by atoms with Gasteiger partial charge in [-0.15, -0.1) is 0 Å². The highest BCUT2D eigenvalue weighted by molar-refractivity contribution is 6.05. The summed E-state index contributed by atoms with van der Waals surface area (Å²) in [6.45, 7) is 5.52. The van der Waals surface area contributed by atoms with E-state index < -0.39 is 5.91 Å². The Labute approximate surface area is 129 Å². The first-order valence-electron chi connectivity index (χ1n) is 6.98. The molecule has 1 aromatic carbocycles. The minimum absolute atomic E-state index is 0.150. The Hall–Kier alpha value is -2.56. The van der Waals surface area contributed by atoms with Crippen LogP contribution in [-0.2, 0) is 7.05 Å². The average molecular weight is 300 g/mol. The lowest BCUT2D eigenvalue weighted by atomic mass is 10.1. The topological polar surface area (TPSA) is 60.3 Å². The Morgan fingerprint density at radius 2 is 1.86 bits per heavy atom. The number of nitrogens with zero attached hydrogens (tertiary/aromatic N) is 1. The molecule has 0 aliphatic rings. The second-order valence-electron chi connectivity index (χ2n) is 5.37. The molecule has 0 unspecified atom stereocenters. The van der Waals surface area contributed by atoms with E-state index in [9.17, 15) is 9.59 Å². The zero-order chi connectivity index (χ0) is 16.4. The van der Waals surface area contributed by atoms with Gasteiger partial charge in [0.2, 0.25) is 0 Å². The van der Waals surface area contributed by atoms with Crippen LogP contribution in [0.1, 0.15) is 27.2 Å². The number of aryl methyl sites for hydroxylation is 3. The van der Waals surface area contributed by atoms with Gasteiger partial charge in [-0.05, 0) is 50.1 Å². The first-order chi connectivity index (χ1) is 10.3. The zero-order valence-corrected chi connectivity index (χ0v) is 13.5. The fraction of sp³-hybridized carbons (Fsp3) is 0.294. The van der Waals surface area contributed by atoms with Crippen LogP contribution in [0.15, 0.2) is 29.1 Å². The van der Waals surface area contributed by atoms with E-state index in [-0.39, 0.29) is 11.1 Å². The fourth-order valence-corrected chi connectivity index (χ4v) is 2.36. The molecule has 2 rings (SSSR count). The van der Waals surface area contributed by atoms with Crippen molar-refractivity contribution in [3.8, 4) is 5.75 Å². The number of hydrogen-bond acceptors (Lipinski definition) is 3. The van der Waals surface area contributed by atoms with Gasteiger partial charge in [0.05, 0.1) is 12.8 Å². The van der Waals surface area contributed by atoms with E-state index in [2.05, 4.69) is 5.32 Å². The van der Waals surface area contributed by atoms with Gasteiger partial charge in [0.25, 0.3) is 11.5 Å². The highest BCUT2D eigenvalue weighted by Gasteiger charge is 2.17. The third-order valence-electron chi connectivity index (χ3n) is 3.70. The van der Waals surface area contributed by atoms with Gasteiger partial charge in [0.1, 0.15) is 11.3 Å². The van der Waals surface area contributed by atoms with Crippen LogP contribution in [0.2, 0.25) is 0 Å². The van der Waals surface area contributed by atoms with E-state index in [1.165, 1.54) is 11.7 Å². The Bertz CT molecular complexity index is 791. The molecule has 1 heterocycles. The van der Waals surface area contributed by atoms with E-state index in [1.807, 2.05) is 32.0 Å². The van der Waals surface area contributed by atoms with Gasteiger partial charge in [-0.25, -0.2) is 0 Å². The number of anilines is 1. The molecule has 0 saturated carbocycles. The summed E-state index contributed by atoms with van der Waals surface area (Å²) in [5.74, 6) is 0.127. The highest BCUT2D eigenvalue weighted by atomic mass is 16.5. The number of carbonyl (C=O) groups is 1. The van der Waals surface area contributed by atoms with Crippen molar-refractivity contribution in [1.82, 2.24) is 4.57 Å². The maximum atomic E-state index is 12.5. The SMILES string of the molecule is COc1ccc(C)cc1NC(=O)c1c(C)cc(C)n(C)c1=O. The third-order valence-corrected chi connectivity index (χ3v) is 3.70. The van der Waals surface area contributed by atoms with Crippen molar-refractivity contribution in [1.29, 1.82) is 0 Å². The van der Waals surface area contributed by atoms with Gasteiger partial charge < -0.3 is 14.6 Å². The number of nitrogens with one attached hydrogen (secondary N) is 1. The molecule has 22 heavy (non-hydrogen) atoms. The van der Waals surface area contributed by atoms with Gasteiger partial charge in [0.15, 0.2) is 0 Å². The van der Waals surface area contributed by atoms with E-state index in [0.29, 0.717) is 17.0 Å². The summed E-state index contributed by atoms with van der Waals surface area (Å²) in [5, 5.41) is 2.77. The summed E-state index contributed by atoms with van der Waals surface area (Å²) >= 11 is 0. The Kier molecular flexibility index (Phi) is 4.35. The molecule has 0 aliphatic heterocycles. The molecule has 0 radical (unpaired) electrons. The van der Waals surface area contributed by atoms with Gasteiger partial charge in [0, 0.05) is 12.7 Å². The van der Waals surface area contributed by atoms with E-state index in [1.54, 1.807) is 20.0 Å². The number of hydrogen-bond donors (Lipinski definition) is 1. The molecule has 2 aromatic rings. The molecule has 0 saturated heterocycles. The van der Waals surface area contributed by atoms with Crippen molar-refractivity contribution in [2.24, 2.45) is 7.05 Å². The van der Waals surface area contributed by atoms with Crippen molar-refractivity contribution in [2.45, 2.75) is 20.8 Å². The largest absolute Gasteiger partial charge is 0.495 e. The van der Waals surface area contributed by atoms with Crippen molar-refractivity contribution >= 4 is 11.6 Å². The van der Waals surface area contributed by atoms with Crippen LogP contribution in [0.3, 0.4) is 0 Å². The fourth-order valence-electron chi connectivity index (χ4n) is 2.36. The number of pyridine rings is 1. The standard InChI is InChI=1S/C17H20N2O3/c1-10-6-7-14(22-5)13(8-10)18-16(20)15-11(2)9-12(3)19(4)17(15)21/h6-9H,1-5H3,(H,18,20). The summed E-state index contributed by atoms with van der Waals surface area (Å²) in [7, 11) is 3.19. The van der Waals surface area contributed by atoms with E-state index >= 15 is 0 Å². The molecule has 5 heteroatoms. The number of amides is 1. The minimum Gasteiger partial charge on any atom is -0.495 e.